The maximum atomic E-state index is 3.85. The second-order valence-corrected chi connectivity index (χ2v) is 6.19. The van der Waals surface area contributed by atoms with Crippen LogP contribution in [0.25, 0.3) is 0 Å². The molecule has 3 unspecified atom stereocenters. The van der Waals surface area contributed by atoms with Gasteiger partial charge in [-0.1, -0.05) is 25.0 Å². The summed E-state index contributed by atoms with van der Waals surface area (Å²) in [6, 6.07) is 0. The molecule has 0 saturated heterocycles. The number of allylic oxidation sites excluding steroid dienone is 2. The van der Waals surface area contributed by atoms with E-state index in [9.17, 15) is 0 Å². The first-order chi connectivity index (χ1) is 7.25. The SMILES string of the molecule is CC1(NCC2CC3C=CC2C3)CCCC1. The molecule has 3 rings (SSSR count). The summed E-state index contributed by atoms with van der Waals surface area (Å²) in [6.07, 6.45) is 13.5. The maximum absolute atomic E-state index is 3.85. The van der Waals surface area contributed by atoms with Crippen LogP contribution < -0.4 is 5.32 Å². The fourth-order valence-electron chi connectivity index (χ4n) is 3.84. The minimum absolute atomic E-state index is 0.478. The predicted octanol–water partition coefficient (Wildman–Crippen LogP) is 3.12. The van der Waals surface area contributed by atoms with Crippen molar-refractivity contribution < 1.29 is 0 Å². The Bertz CT molecular complexity index is 263. The van der Waals surface area contributed by atoms with Gasteiger partial charge in [-0.3, -0.25) is 0 Å². The molecule has 3 aliphatic carbocycles. The Labute approximate surface area is 93.3 Å². The van der Waals surface area contributed by atoms with Gasteiger partial charge >= 0.3 is 0 Å². The minimum Gasteiger partial charge on any atom is -0.311 e. The lowest BCUT2D eigenvalue weighted by molar-refractivity contribution is 0.309. The van der Waals surface area contributed by atoms with E-state index in [2.05, 4.69) is 24.4 Å². The molecule has 0 spiro atoms. The Morgan fingerprint density at radius 2 is 2.00 bits per heavy atom. The van der Waals surface area contributed by atoms with E-state index >= 15 is 0 Å². The third-order valence-electron chi connectivity index (χ3n) is 4.91. The molecule has 0 aliphatic heterocycles. The Balaban J connectivity index is 1.52. The van der Waals surface area contributed by atoms with Crippen LogP contribution in [0.15, 0.2) is 12.2 Å². The highest BCUT2D eigenvalue weighted by Gasteiger charge is 2.37. The van der Waals surface area contributed by atoms with Crippen LogP contribution in [0.5, 0.6) is 0 Å². The lowest BCUT2D eigenvalue weighted by Gasteiger charge is -2.29. The lowest BCUT2D eigenvalue weighted by atomic mass is 9.91. The molecule has 3 aliphatic rings. The van der Waals surface area contributed by atoms with Gasteiger partial charge in [0.2, 0.25) is 0 Å². The number of fused-ring (bicyclic) bond motifs is 2. The van der Waals surface area contributed by atoms with Crippen LogP contribution in [0.3, 0.4) is 0 Å². The van der Waals surface area contributed by atoms with Gasteiger partial charge in [0.15, 0.2) is 0 Å². The topological polar surface area (TPSA) is 12.0 Å². The zero-order valence-corrected chi connectivity index (χ0v) is 9.84. The van der Waals surface area contributed by atoms with E-state index in [1.165, 1.54) is 45.1 Å². The van der Waals surface area contributed by atoms with Crippen molar-refractivity contribution in [2.24, 2.45) is 17.8 Å². The van der Waals surface area contributed by atoms with Crippen molar-refractivity contribution in [2.75, 3.05) is 6.54 Å². The van der Waals surface area contributed by atoms with Crippen molar-refractivity contribution in [3.8, 4) is 0 Å². The third kappa shape index (κ3) is 1.87. The van der Waals surface area contributed by atoms with Gasteiger partial charge < -0.3 is 5.32 Å². The molecule has 0 amide bonds. The average molecular weight is 205 g/mol. The smallest absolute Gasteiger partial charge is 0.0153 e. The molecule has 1 nitrogen and oxygen atoms in total. The van der Waals surface area contributed by atoms with Crippen LogP contribution in [0, 0.1) is 17.8 Å². The van der Waals surface area contributed by atoms with Gasteiger partial charge in [0.1, 0.15) is 0 Å². The van der Waals surface area contributed by atoms with Crippen molar-refractivity contribution in [1.82, 2.24) is 5.32 Å². The molecule has 0 aromatic heterocycles. The largest absolute Gasteiger partial charge is 0.311 e. The van der Waals surface area contributed by atoms with Gasteiger partial charge in [0, 0.05) is 5.54 Å². The lowest BCUT2D eigenvalue weighted by Crippen LogP contribution is -2.42. The second-order valence-electron chi connectivity index (χ2n) is 6.19. The van der Waals surface area contributed by atoms with Gasteiger partial charge in [-0.2, -0.15) is 0 Å². The predicted molar refractivity (Wildman–Crippen MR) is 63.7 cm³/mol. The third-order valence-corrected chi connectivity index (χ3v) is 4.91. The Kier molecular flexibility index (Phi) is 2.39. The monoisotopic (exact) mass is 205 g/mol. The molecule has 2 saturated carbocycles. The molecule has 15 heavy (non-hydrogen) atoms. The first-order valence-corrected chi connectivity index (χ1v) is 6.69. The molecule has 0 aromatic rings. The molecule has 1 heteroatoms. The Morgan fingerprint density at radius 1 is 1.20 bits per heavy atom. The van der Waals surface area contributed by atoms with Crippen molar-refractivity contribution in [3.05, 3.63) is 12.2 Å². The van der Waals surface area contributed by atoms with Crippen molar-refractivity contribution in [3.63, 3.8) is 0 Å². The van der Waals surface area contributed by atoms with E-state index in [0.717, 1.165) is 17.8 Å². The van der Waals surface area contributed by atoms with Gasteiger partial charge in [-0.25, -0.2) is 0 Å². The van der Waals surface area contributed by atoms with Crippen LogP contribution in [-0.2, 0) is 0 Å². The minimum atomic E-state index is 0.478. The zero-order valence-electron chi connectivity index (χ0n) is 9.84. The number of rotatable bonds is 3. The standard InChI is InChI=1S/C14H23N/c1-14(6-2-3-7-14)15-10-13-9-11-4-5-12(13)8-11/h4-5,11-13,15H,2-3,6-10H2,1H3. The Morgan fingerprint density at radius 3 is 2.60 bits per heavy atom. The van der Waals surface area contributed by atoms with E-state index in [4.69, 9.17) is 0 Å². The van der Waals surface area contributed by atoms with Gasteiger partial charge in [0.25, 0.3) is 0 Å². The number of hydrogen-bond donors (Lipinski definition) is 1. The van der Waals surface area contributed by atoms with E-state index in [1.54, 1.807) is 0 Å². The van der Waals surface area contributed by atoms with E-state index < -0.39 is 0 Å². The summed E-state index contributed by atoms with van der Waals surface area (Å²) in [5.74, 6) is 2.78. The highest BCUT2D eigenvalue weighted by Crippen LogP contribution is 2.43. The normalized spacial score (nSPS) is 41.5. The molecule has 0 aromatic carbocycles. The van der Waals surface area contributed by atoms with Crippen molar-refractivity contribution in [1.29, 1.82) is 0 Å². The van der Waals surface area contributed by atoms with Crippen molar-refractivity contribution in [2.45, 2.75) is 51.0 Å². The first-order valence-electron chi connectivity index (χ1n) is 6.69. The van der Waals surface area contributed by atoms with E-state index in [0.29, 0.717) is 5.54 Å². The molecule has 0 radical (unpaired) electrons. The van der Waals surface area contributed by atoms with Crippen LogP contribution >= 0.6 is 0 Å². The number of hydrogen-bond acceptors (Lipinski definition) is 1. The van der Waals surface area contributed by atoms with E-state index in [1.807, 2.05) is 0 Å². The molecular weight excluding hydrogens is 182 g/mol. The van der Waals surface area contributed by atoms with Crippen LogP contribution in [0.1, 0.15) is 45.4 Å². The van der Waals surface area contributed by atoms with Gasteiger partial charge in [0.05, 0.1) is 0 Å². The van der Waals surface area contributed by atoms with Crippen LogP contribution in [0.2, 0.25) is 0 Å². The van der Waals surface area contributed by atoms with Crippen molar-refractivity contribution >= 4 is 0 Å². The fraction of sp³-hybridized carbons (Fsp3) is 0.857. The summed E-state index contributed by atoms with van der Waals surface area (Å²) >= 11 is 0. The molecule has 2 bridgehead atoms. The highest BCUT2D eigenvalue weighted by atomic mass is 15.0. The quantitative estimate of drug-likeness (QED) is 0.698. The van der Waals surface area contributed by atoms with Crippen LogP contribution in [0.4, 0.5) is 0 Å². The van der Waals surface area contributed by atoms with Gasteiger partial charge in [-0.05, 0) is 56.9 Å². The summed E-state index contributed by atoms with van der Waals surface area (Å²) in [4.78, 5) is 0. The molecule has 1 N–H and O–H groups in total. The summed E-state index contributed by atoms with van der Waals surface area (Å²) in [5.41, 5.74) is 0.478. The van der Waals surface area contributed by atoms with Gasteiger partial charge in [-0.15, -0.1) is 0 Å². The second kappa shape index (κ2) is 3.62. The molecule has 2 fully saturated rings. The average Bonchev–Trinajstić information content (AvgIpc) is 2.90. The summed E-state index contributed by atoms with van der Waals surface area (Å²) in [7, 11) is 0. The molecule has 84 valence electrons. The van der Waals surface area contributed by atoms with E-state index in [-0.39, 0.29) is 0 Å². The molecule has 0 heterocycles. The first kappa shape index (κ1) is 9.89. The summed E-state index contributed by atoms with van der Waals surface area (Å²) in [6.45, 7) is 3.69. The highest BCUT2D eigenvalue weighted by molar-refractivity contribution is 5.10. The molecular formula is C14H23N. The summed E-state index contributed by atoms with van der Waals surface area (Å²) < 4.78 is 0. The number of nitrogens with one attached hydrogen (secondary N) is 1. The zero-order chi connectivity index (χ0) is 10.3. The summed E-state index contributed by atoms with van der Waals surface area (Å²) in [5, 5.41) is 3.85. The maximum Gasteiger partial charge on any atom is 0.0153 e. The van der Waals surface area contributed by atoms with Crippen LogP contribution in [-0.4, -0.2) is 12.1 Å². The fourth-order valence-corrected chi connectivity index (χ4v) is 3.84. The molecule has 3 atom stereocenters. The Hall–Kier alpha value is -0.300.